The van der Waals surface area contributed by atoms with Crippen molar-refractivity contribution >= 4 is 32.8 Å². The van der Waals surface area contributed by atoms with Gasteiger partial charge in [-0.15, -0.1) is 11.6 Å². The lowest BCUT2D eigenvalue weighted by molar-refractivity contribution is -0.384. The van der Waals surface area contributed by atoms with E-state index in [2.05, 4.69) is 0 Å². The zero-order chi connectivity index (χ0) is 14.9. The summed E-state index contributed by atoms with van der Waals surface area (Å²) in [6, 6.07) is 4.53. The maximum atomic E-state index is 11.6. The zero-order valence-electron chi connectivity index (χ0n) is 11.0. The molecular formula is C12H15ClN2O4S. The van der Waals surface area contributed by atoms with Gasteiger partial charge in [0, 0.05) is 24.5 Å². The largest absolute Gasteiger partial charge is 0.361 e. The minimum absolute atomic E-state index is 0.0153. The SMILES string of the molecule is CC1CS(=O)(=O)CCN1c1ccc(CCl)cc1[N+](=O)[O-]. The van der Waals surface area contributed by atoms with Gasteiger partial charge in [0.05, 0.1) is 16.4 Å². The Hall–Kier alpha value is -1.34. The third kappa shape index (κ3) is 3.04. The Bertz CT molecular complexity index is 632. The predicted octanol–water partition coefficient (Wildman–Crippen LogP) is 1.96. The molecule has 1 aromatic carbocycles. The fraction of sp³-hybridized carbons (Fsp3) is 0.500. The Morgan fingerprint density at radius 1 is 1.50 bits per heavy atom. The quantitative estimate of drug-likeness (QED) is 0.483. The standard InChI is InChI=1S/C12H15ClN2O4S/c1-9-8-20(18,19)5-4-14(9)11-3-2-10(7-13)6-12(11)15(16)17/h2-3,6,9H,4-5,7-8H2,1H3. The molecule has 6 nitrogen and oxygen atoms in total. The molecule has 1 aliphatic rings. The molecule has 110 valence electrons. The van der Waals surface area contributed by atoms with Crippen LogP contribution >= 0.6 is 11.6 Å². The minimum atomic E-state index is -3.05. The molecule has 8 heteroatoms. The number of nitro groups is 1. The van der Waals surface area contributed by atoms with Gasteiger partial charge in [0.15, 0.2) is 9.84 Å². The van der Waals surface area contributed by atoms with Crippen LogP contribution in [0, 0.1) is 10.1 Å². The van der Waals surface area contributed by atoms with Crippen molar-refractivity contribution in [2.45, 2.75) is 18.8 Å². The molecule has 1 aliphatic heterocycles. The fourth-order valence-electron chi connectivity index (χ4n) is 2.40. The topological polar surface area (TPSA) is 80.5 Å². The van der Waals surface area contributed by atoms with E-state index in [0.717, 1.165) is 0 Å². The van der Waals surface area contributed by atoms with E-state index < -0.39 is 14.8 Å². The van der Waals surface area contributed by atoms with Crippen molar-refractivity contribution < 1.29 is 13.3 Å². The summed E-state index contributed by atoms with van der Waals surface area (Å²) in [6.45, 7) is 2.03. The lowest BCUT2D eigenvalue weighted by Crippen LogP contribution is -2.47. The van der Waals surface area contributed by atoms with Crippen molar-refractivity contribution in [3.63, 3.8) is 0 Å². The molecular weight excluding hydrogens is 304 g/mol. The number of rotatable bonds is 3. The zero-order valence-corrected chi connectivity index (χ0v) is 12.5. The normalized spacial score (nSPS) is 21.7. The molecule has 0 N–H and O–H groups in total. The second-order valence-electron chi connectivity index (χ2n) is 4.87. The van der Waals surface area contributed by atoms with Crippen LogP contribution in [-0.4, -0.2) is 37.4 Å². The minimum Gasteiger partial charge on any atom is -0.361 e. The van der Waals surface area contributed by atoms with E-state index in [4.69, 9.17) is 11.6 Å². The smallest absolute Gasteiger partial charge is 0.292 e. The summed E-state index contributed by atoms with van der Waals surface area (Å²) in [5.41, 5.74) is 1.08. The Kier molecular flexibility index (Phi) is 4.19. The van der Waals surface area contributed by atoms with Crippen LogP contribution in [0.2, 0.25) is 0 Å². The number of nitrogens with zero attached hydrogens (tertiary/aromatic N) is 2. The summed E-state index contributed by atoms with van der Waals surface area (Å²) in [6.07, 6.45) is 0. The number of alkyl halides is 1. The fourth-order valence-corrected chi connectivity index (χ4v) is 4.12. The number of nitro benzene ring substituents is 1. The molecule has 1 unspecified atom stereocenters. The second-order valence-corrected chi connectivity index (χ2v) is 7.37. The molecule has 0 spiro atoms. The first-order valence-corrected chi connectivity index (χ1v) is 8.50. The van der Waals surface area contributed by atoms with Crippen molar-refractivity contribution in [1.82, 2.24) is 0 Å². The van der Waals surface area contributed by atoms with Crippen LogP contribution in [0.15, 0.2) is 18.2 Å². The van der Waals surface area contributed by atoms with Crippen LogP contribution in [0.25, 0.3) is 0 Å². The summed E-state index contributed by atoms with van der Waals surface area (Å²) in [4.78, 5) is 12.5. The number of hydrogen-bond donors (Lipinski definition) is 0. The lowest BCUT2D eigenvalue weighted by Gasteiger charge is -2.34. The van der Waals surface area contributed by atoms with Gasteiger partial charge in [0.25, 0.3) is 5.69 Å². The molecule has 0 aromatic heterocycles. The highest BCUT2D eigenvalue weighted by atomic mass is 35.5. The summed E-state index contributed by atoms with van der Waals surface area (Å²) in [5, 5.41) is 11.2. The molecule has 0 amide bonds. The van der Waals surface area contributed by atoms with E-state index in [1.165, 1.54) is 6.07 Å². The molecule has 20 heavy (non-hydrogen) atoms. The maximum absolute atomic E-state index is 11.6. The molecule has 0 bridgehead atoms. The Morgan fingerprint density at radius 2 is 2.20 bits per heavy atom. The Balaban J connectivity index is 2.40. The van der Waals surface area contributed by atoms with E-state index in [1.807, 2.05) is 0 Å². The summed E-state index contributed by atoms with van der Waals surface area (Å²) >= 11 is 5.69. The first kappa shape index (κ1) is 15.1. The number of sulfone groups is 1. The molecule has 0 saturated carbocycles. The van der Waals surface area contributed by atoms with E-state index in [1.54, 1.807) is 24.0 Å². The van der Waals surface area contributed by atoms with E-state index in [9.17, 15) is 18.5 Å². The first-order chi connectivity index (χ1) is 9.34. The molecule has 0 aliphatic carbocycles. The van der Waals surface area contributed by atoms with Crippen molar-refractivity contribution in [2.75, 3.05) is 23.0 Å². The summed E-state index contributed by atoms with van der Waals surface area (Å²) in [7, 11) is -3.05. The van der Waals surface area contributed by atoms with Crippen molar-refractivity contribution in [2.24, 2.45) is 0 Å². The van der Waals surface area contributed by atoms with Crippen molar-refractivity contribution in [3.05, 3.63) is 33.9 Å². The van der Waals surface area contributed by atoms with E-state index in [-0.39, 0.29) is 35.7 Å². The van der Waals surface area contributed by atoms with Gasteiger partial charge in [-0.05, 0) is 18.6 Å². The molecule has 0 radical (unpaired) electrons. The van der Waals surface area contributed by atoms with Crippen molar-refractivity contribution in [1.29, 1.82) is 0 Å². The van der Waals surface area contributed by atoms with Gasteiger partial charge in [-0.2, -0.15) is 0 Å². The highest BCUT2D eigenvalue weighted by molar-refractivity contribution is 7.91. The third-order valence-electron chi connectivity index (χ3n) is 3.37. The number of hydrogen-bond acceptors (Lipinski definition) is 5. The van der Waals surface area contributed by atoms with Gasteiger partial charge in [-0.3, -0.25) is 10.1 Å². The monoisotopic (exact) mass is 318 g/mol. The van der Waals surface area contributed by atoms with Crippen molar-refractivity contribution in [3.8, 4) is 0 Å². The molecule has 1 heterocycles. The van der Waals surface area contributed by atoms with Gasteiger partial charge in [-0.25, -0.2) is 8.42 Å². The van der Waals surface area contributed by atoms with Gasteiger partial charge >= 0.3 is 0 Å². The van der Waals surface area contributed by atoms with E-state index >= 15 is 0 Å². The van der Waals surface area contributed by atoms with Gasteiger partial charge < -0.3 is 4.90 Å². The Morgan fingerprint density at radius 3 is 2.75 bits per heavy atom. The van der Waals surface area contributed by atoms with Crippen LogP contribution in [0.1, 0.15) is 12.5 Å². The van der Waals surface area contributed by atoms with Gasteiger partial charge in [0.2, 0.25) is 0 Å². The summed E-state index contributed by atoms with van der Waals surface area (Å²) in [5.74, 6) is 0.234. The maximum Gasteiger partial charge on any atom is 0.292 e. The lowest BCUT2D eigenvalue weighted by atomic mass is 10.1. The van der Waals surface area contributed by atoms with Gasteiger partial charge in [-0.1, -0.05) is 6.07 Å². The molecule has 1 saturated heterocycles. The third-order valence-corrected chi connectivity index (χ3v) is 5.47. The highest BCUT2D eigenvalue weighted by Gasteiger charge is 2.31. The number of benzene rings is 1. The molecule has 1 aromatic rings. The second kappa shape index (κ2) is 5.57. The molecule has 2 rings (SSSR count). The first-order valence-electron chi connectivity index (χ1n) is 6.14. The average Bonchev–Trinajstić information content (AvgIpc) is 2.37. The van der Waals surface area contributed by atoms with Crippen LogP contribution in [0.3, 0.4) is 0 Å². The van der Waals surface area contributed by atoms with Crippen LogP contribution in [0.4, 0.5) is 11.4 Å². The predicted molar refractivity (Wildman–Crippen MR) is 78.1 cm³/mol. The van der Waals surface area contributed by atoms with Crippen LogP contribution in [-0.2, 0) is 15.7 Å². The summed E-state index contributed by atoms with van der Waals surface area (Å²) < 4.78 is 23.2. The number of halogens is 1. The highest BCUT2D eigenvalue weighted by Crippen LogP contribution is 2.32. The van der Waals surface area contributed by atoms with Crippen LogP contribution < -0.4 is 4.90 Å². The average molecular weight is 319 g/mol. The Labute approximate surface area is 122 Å². The number of anilines is 1. The molecule has 1 atom stereocenters. The van der Waals surface area contributed by atoms with Crippen LogP contribution in [0.5, 0.6) is 0 Å². The van der Waals surface area contributed by atoms with Gasteiger partial charge in [0.1, 0.15) is 5.69 Å². The van der Waals surface area contributed by atoms with E-state index in [0.29, 0.717) is 11.3 Å². The molecule has 1 fully saturated rings.